The molecular weight excluding hydrogens is 590 g/mol. The van der Waals surface area contributed by atoms with Crippen LogP contribution in [0.1, 0.15) is 51.2 Å². The number of carboxylic acids is 1. The molecule has 3 aromatic rings. The molecule has 3 amide bonds. The number of oxazole rings is 1. The Morgan fingerprint density at radius 3 is 2.33 bits per heavy atom. The first-order valence-corrected chi connectivity index (χ1v) is 14.5. The third kappa shape index (κ3) is 7.33. The van der Waals surface area contributed by atoms with Gasteiger partial charge in [0.15, 0.2) is 5.58 Å². The molecule has 16 nitrogen and oxygen atoms in total. The Hall–Kier alpha value is -5.15. The largest absolute Gasteiger partial charge is 0.480 e. The summed E-state index contributed by atoms with van der Waals surface area (Å²) in [5.74, 6) is -4.68. The van der Waals surface area contributed by atoms with Crippen LogP contribution < -0.4 is 21.9 Å². The normalized spacial score (nSPS) is 16.1. The minimum absolute atomic E-state index is 0.135. The van der Waals surface area contributed by atoms with Gasteiger partial charge in [0.2, 0.25) is 23.5 Å². The molecule has 3 atom stereocenters. The fourth-order valence-corrected chi connectivity index (χ4v) is 5.11. The van der Waals surface area contributed by atoms with Crippen LogP contribution in [0.3, 0.4) is 0 Å². The molecule has 1 saturated heterocycles. The van der Waals surface area contributed by atoms with E-state index >= 15 is 0 Å². The summed E-state index contributed by atoms with van der Waals surface area (Å²) >= 11 is 0. The standard InChI is InChI=1S/C29H35N7O9/c1-15(2)23(25(41)27-31-17-8-5-6-10-19(17)45-27)33-26(42)18-9-7-11-34(18)28(43)24(16(3)4)32-20(37)13-36-29(44)35(14-22(39)40)21(38)12-30-36/h5-6,8,10,12,15-16,18,23-24H,7,9,11,13-14H2,1-4H3,(H,32,37)(H,33,42)(H,39,40)/t18-,23-,24-/m0/s1. The van der Waals surface area contributed by atoms with Crippen LogP contribution in [0.15, 0.2) is 44.5 Å². The zero-order valence-electron chi connectivity index (χ0n) is 25.3. The second kappa shape index (κ2) is 13.7. The number of nitrogens with zero attached hydrogens (tertiary/aromatic N) is 5. The molecule has 1 aliphatic heterocycles. The van der Waals surface area contributed by atoms with Crippen LogP contribution in [0.5, 0.6) is 0 Å². The summed E-state index contributed by atoms with van der Waals surface area (Å²) in [6, 6.07) is 3.93. The first kappa shape index (κ1) is 32.8. The van der Waals surface area contributed by atoms with E-state index in [1.165, 1.54) is 4.90 Å². The van der Waals surface area contributed by atoms with Crippen molar-refractivity contribution >= 4 is 40.6 Å². The summed E-state index contributed by atoms with van der Waals surface area (Å²) in [7, 11) is 0. The number of hydrogen-bond acceptors (Lipinski definition) is 10. The number of ketones is 1. The highest BCUT2D eigenvalue weighted by atomic mass is 16.4. The van der Waals surface area contributed by atoms with Gasteiger partial charge in [-0.05, 0) is 36.8 Å². The van der Waals surface area contributed by atoms with Crippen LogP contribution in [0.25, 0.3) is 11.1 Å². The molecule has 3 N–H and O–H groups in total. The first-order chi connectivity index (χ1) is 21.3. The zero-order valence-corrected chi connectivity index (χ0v) is 25.3. The van der Waals surface area contributed by atoms with E-state index < -0.39 is 77.9 Å². The quantitative estimate of drug-likeness (QED) is 0.224. The van der Waals surface area contributed by atoms with Gasteiger partial charge in [0.1, 0.15) is 36.9 Å². The maximum absolute atomic E-state index is 13.7. The number of nitrogens with one attached hydrogen (secondary N) is 2. The minimum Gasteiger partial charge on any atom is -0.480 e. The van der Waals surface area contributed by atoms with E-state index in [1.807, 2.05) is 0 Å². The lowest BCUT2D eigenvalue weighted by atomic mass is 9.98. The van der Waals surface area contributed by atoms with Crippen LogP contribution in [0.4, 0.5) is 0 Å². The average Bonchev–Trinajstić information content (AvgIpc) is 3.65. The van der Waals surface area contributed by atoms with Crippen LogP contribution in [0, 0.1) is 11.8 Å². The predicted octanol–water partition coefficient (Wildman–Crippen LogP) is -0.214. The lowest BCUT2D eigenvalue weighted by molar-refractivity contribution is -0.142. The number of carboxylic acid groups (broad SMARTS) is 1. The number of aliphatic carboxylic acids is 1. The van der Waals surface area contributed by atoms with E-state index in [2.05, 4.69) is 20.7 Å². The van der Waals surface area contributed by atoms with E-state index in [1.54, 1.807) is 52.0 Å². The summed E-state index contributed by atoms with van der Waals surface area (Å²) in [4.78, 5) is 94.5. The van der Waals surface area contributed by atoms with Crippen molar-refractivity contribution < 1.29 is 33.5 Å². The molecule has 4 rings (SSSR count). The van der Waals surface area contributed by atoms with E-state index in [0.717, 1.165) is 6.20 Å². The lowest BCUT2D eigenvalue weighted by Crippen LogP contribution is -2.57. The SMILES string of the molecule is CC(C)[C@H](NC(=O)[C@@H]1CCCN1C(=O)[C@@H](NC(=O)Cn1ncc(=O)n(CC(=O)O)c1=O)C(C)C)C(=O)c1nc2ccccc2o1. The fourth-order valence-electron chi connectivity index (χ4n) is 5.11. The Bertz CT molecular complexity index is 1710. The van der Waals surface area contributed by atoms with Crippen molar-refractivity contribution in [2.45, 2.75) is 71.8 Å². The van der Waals surface area contributed by atoms with Crippen molar-refractivity contribution in [1.82, 2.24) is 34.9 Å². The maximum Gasteiger partial charge on any atom is 0.348 e. The maximum atomic E-state index is 13.7. The number of para-hydroxylation sites is 2. The summed E-state index contributed by atoms with van der Waals surface area (Å²) in [6.45, 7) is 5.56. The molecule has 0 aliphatic carbocycles. The van der Waals surface area contributed by atoms with E-state index in [-0.39, 0.29) is 18.4 Å². The predicted molar refractivity (Wildman–Crippen MR) is 157 cm³/mol. The van der Waals surface area contributed by atoms with Crippen molar-refractivity contribution in [3.8, 4) is 0 Å². The molecule has 0 spiro atoms. The summed E-state index contributed by atoms with van der Waals surface area (Å²) in [5.41, 5.74) is -1.10. The number of aromatic nitrogens is 4. The van der Waals surface area contributed by atoms with Gasteiger partial charge >= 0.3 is 11.7 Å². The topological polar surface area (TPSA) is 216 Å². The number of rotatable bonds is 12. The van der Waals surface area contributed by atoms with Gasteiger partial charge in [-0.2, -0.15) is 5.10 Å². The first-order valence-electron chi connectivity index (χ1n) is 14.5. The molecule has 0 radical (unpaired) electrons. The fraction of sp³-hybridized carbons (Fsp3) is 0.483. The summed E-state index contributed by atoms with van der Waals surface area (Å²) in [6.07, 6.45) is 1.57. The van der Waals surface area contributed by atoms with Gasteiger partial charge in [0.05, 0.1) is 6.04 Å². The van der Waals surface area contributed by atoms with Crippen molar-refractivity contribution in [3.63, 3.8) is 0 Å². The number of Topliss-reactive ketones (excluding diaryl/α,β-unsaturated/α-hetero) is 1. The smallest absolute Gasteiger partial charge is 0.348 e. The molecule has 0 unspecified atom stereocenters. The molecule has 3 heterocycles. The number of fused-ring (bicyclic) bond motifs is 1. The molecule has 1 aromatic carbocycles. The van der Waals surface area contributed by atoms with Gasteiger partial charge in [-0.15, -0.1) is 0 Å². The van der Waals surface area contributed by atoms with Crippen LogP contribution >= 0.6 is 0 Å². The van der Waals surface area contributed by atoms with Gasteiger partial charge in [-0.1, -0.05) is 39.8 Å². The zero-order chi connectivity index (χ0) is 33.0. The third-order valence-corrected chi connectivity index (χ3v) is 7.45. The number of amides is 3. The molecule has 16 heteroatoms. The second-order valence-electron chi connectivity index (χ2n) is 11.5. The Kier molecular flexibility index (Phi) is 9.94. The van der Waals surface area contributed by atoms with E-state index in [0.29, 0.717) is 33.2 Å². The van der Waals surface area contributed by atoms with Crippen LogP contribution in [0.2, 0.25) is 0 Å². The molecule has 240 valence electrons. The molecule has 0 saturated carbocycles. The third-order valence-electron chi connectivity index (χ3n) is 7.45. The van der Waals surface area contributed by atoms with Gasteiger partial charge in [0.25, 0.3) is 11.4 Å². The van der Waals surface area contributed by atoms with Gasteiger partial charge in [-0.3, -0.25) is 28.8 Å². The van der Waals surface area contributed by atoms with E-state index in [4.69, 9.17) is 9.52 Å². The number of likely N-dealkylation sites (tertiary alicyclic amines) is 1. The van der Waals surface area contributed by atoms with Crippen molar-refractivity contribution in [1.29, 1.82) is 0 Å². The molecule has 1 aliphatic rings. The van der Waals surface area contributed by atoms with Crippen LogP contribution in [-0.2, 0) is 32.3 Å². The highest BCUT2D eigenvalue weighted by molar-refractivity contribution is 6.01. The van der Waals surface area contributed by atoms with Crippen molar-refractivity contribution in [2.24, 2.45) is 11.8 Å². The Balaban J connectivity index is 1.46. The Morgan fingerprint density at radius 1 is 1.00 bits per heavy atom. The summed E-state index contributed by atoms with van der Waals surface area (Å²) in [5, 5.41) is 17.9. The molecule has 45 heavy (non-hydrogen) atoms. The minimum atomic E-state index is -1.43. The van der Waals surface area contributed by atoms with Gasteiger partial charge in [0, 0.05) is 6.54 Å². The van der Waals surface area contributed by atoms with Gasteiger partial charge in [-0.25, -0.2) is 19.0 Å². The van der Waals surface area contributed by atoms with E-state index in [9.17, 15) is 33.6 Å². The lowest BCUT2D eigenvalue weighted by Gasteiger charge is -2.31. The van der Waals surface area contributed by atoms with Crippen molar-refractivity contribution in [2.75, 3.05) is 6.54 Å². The number of hydrogen-bond donors (Lipinski definition) is 3. The van der Waals surface area contributed by atoms with Gasteiger partial charge < -0.3 is 25.1 Å². The molecule has 0 bridgehead atoms. The summed E-state index contributed by atoms with van der Waals surface area (Å²) < 4.78 is 6.65. The van der Waals surface area contributed by atoms with Crippen molar-refractivity contribution in [3.05, 3.63) is 57.2 Å². The number of benzene rings is 1. The highest BCUT2D eigenvalue weighted by Gasteiger charge is 2.40. The Morgan fingerprint density at radius 2 is 1.69 bits per heavy atom. The monoisotopic (exact) mass is 625 g/mol. The molecule has 1 fully saturated rings. The highest BCUT2D eigenvalue weighted by Crippen LogP contribution is 2.22. The number of carbonyl (C=O) groups is 5. The number of carbonyl (C=O) groups excluding carboxylic acids is 4. The second-order valence-corrected chi connectivity index (χ2v) is 11.5. The molecular formula is C29H35N7O9. The Labute approximate surface area is 256 Å². The molecule has 2 aromatic heterocycles. The van der Waals surface area contributed by atoms with Crippen LogP contribution in [-0.4, -0.2) is 83.5 Å². The average molecular weight is 626 g/mol.